The van der Waals surface area contributed by atoms with E-state index < -0.39 is 0 Å². The molecule has 0 aromatic carbocycles. The quantitative estimate of drug-likeness (QED) is 0.920. The first kappa shape index (κ1) is 13.8. The van der Waals surface area contributed by atoms with Gasteiger partial charge in [0.05, 0.1) is 12.0 Å². The molecule has 1 saturated carbocycles. The summed E-state index contributed by atoms with van der Waals surface area (Å²) in [5.41, 5.74) is 6.99. The summed E-state index contributed by atoms with van der Waals surface area (Å²) >= 11 is 1.64. The summed E-state index contributed by atoms with van der Waals surface area (Å²) in [5, 5.41) is 3.08. The van der Waals surface area contributed by atoms with Crippen LogP contribution in [0.1, 0.15) is 25.0 Å². The van der Waals surface area contributed by atoms with Crippen LogP contribution in [0.5, 0.6) is 0 Å². The fourth-order valence-electron chi connectivity index (χ4n) is 3.14. The molecule has 2 aromatic heterocycles. The van der Waals surface area contributed by atoms with Crippen molar-refractivity contribution >= 4 is 11.3 Å². The Morgan fingerprint density at radius 1 is 1.50 bits per heavy atom. The lowest BCUT2D eigenvalue weighted by molar-refractivity contribution is 0.191. The molecule has 0 radical (unpaired) electrons. The van der Waals surface area contributed by atoms with Gasteiger partial charge in [-0.15, -0.1) is 11.3 Å². The highest BCUT2D eigenvalue weighted by atomic mass is 32.1. The molecule has 2 atom stereocenters. The van der Waals surface area contributed by atoms with Gasteiger partial charge >= 0.3 is 0 Å². The largest absolute Gasteiger partial charge is 0.462 e. The minimum atomic E-state index is 0.605. The van der Waals surface area contributed by atoms with Crippen molar-refractivity contribution in [2.45, 2.75) is 31.8 Å². The van der Waals surface area contributed by atoms with Crippen molar-refractivity contribution in [3.63, 3.8) is 0 Å². The molecule has 2 unspecified atom stereocenters. The van der Waals surface area contributed by atoms with E-state index in [0.29, 0.717) is 12.0 Å². The predicted octanol–water partition coefficient (Wildman–Crippen LogP) is 2.96. The Labute approximate surface area is 123 Å². The second-order valence-corrected chi connectivity index (χ2v) is 6.39. The first-order chi connectivity index (χ1) is 9.78. The van der Waals surface area contributed by atoms with Crippen molar-refractivity contribution in [3.05, 3.63) is 29.5 Å². The molecule has 1 fully saturated rings. The van der Waals surface area contributed by atoms with E-state index in [-0.39, 0.29) is 0 Å². The maximum absolute atomic E-state index is 5.87. The summed E-state index contributed by atoms with van der Waals surface area (Å²) < 4.78 is 5.39. The number of nitrogens with zero attached hydrogens (tertiary/aromatic N) is 2. The number of rotatable bonds is 5. The van der Waals surface area contributed by atoms with Crippen LogP contribution >= 0.6 is 11.3 Å². The van der Waals surface area contributed by atoms with Gasteiger partial charge in [-0.1, -0.05) is 6.42 Å². The average Bonchev–Trinajstić information content (AvgIpc) is 3.19. The van der Waals surface area contributed by atoms with E-state index in [1.165, 1.54) is 19.3 Å². The van der Waals surface area contributed by atoms with Crippen molar-refractivity contribution < 1.29 is 4.42 Å². The molecule has 5 heteroatoms. The van der Waals surface area contributed by atoms with Gasteiger partial charge in [0, 0.05) is 18.0 Å². The summed E-state index contributed by atoms with van der Waals surface area (Å²) in [7, 11) is 2.19. The molecule has 0 saturated heterocycles. The number of nitrogens with two attached hydrogens (primary N) is 1. The van der Waals surface area contributed by atoms with E-state index in [0.717, 1.165) is 29.6 Å². The van der Waals surface area contributed by atoms with E-state index in [1.807, 2.05) is 12.1 Å². The summed E-state index contributed by atoms with van der Waals surface area (Å²) in [6.45, 7) is 1.68. The molecule has 2 heterocycles. The summed E-state index contributed by atoms with van der Waals surface area (Å²) in [5.74, 6) is 1.49. The number of furan rings is 1. The number of hydrogen-bond donors (Lipinski definition) is 1. The van der Waals surface area contributed by atoms with Gasteiger partial charge in [-0.25, -0.2) is 4.98 Å². The maximum Gasteiger partial charge on any atom is 0.162 e. The van der Waals surface area contributed by atoms with Crippen LogP contribution in [-0.2, 0) is 6.54 Å². The summed E-state index contributed by atoms with van der Waals surface area (Å²) in [6.07, 6.45) is 5.51. The molecular weight excluding hydrogens is 270 g/mol. The molecule has 1 aliphatic carbocycles. The Balaban J connectivity index is 1.66. The minimum Gasteiger partial charge on any atom is -0.462 e. The smallest absolute Gasteiger partial charge is 0.162 e. The zero-order valence-electron chi connectivity index (χ0n) is 11.8. The van der Waals surface area contributed by atoms with Gasteiger partial charge in [0.25, 0.3) is 0 Å². The zero-order valence-corrected chi connectivity index (χ0v) is 12.6. The third-order valence-corrected chi connectivity index (χ3v) is 5.09. The number of thiazole rings is 1. The van der Waals surface area contributed by atoms with Crippen molar-refractivity contribution in [2.24, 2.45) is 11.7 Å². The standard InChI is InChI=1S/C15H21N3OS/c1-18(13-5-2-4-11(13)8-16)9-12-10-20-15(17-12)14-6-3-7-19-14/h3,6-7,10-11,13H,2,4-5,8-9,16H2,1H3. The Morgan fingerprint density at radius 2 is 2.40 bits per heavy atom. The van der Waals surface area contributed by atoms with Crippen molar-refractivity contribution in [1.82, 2.24) is 9.88 Å². The fraction of sp³-hybridized carbons (Fsp3) is 0.533. The van der Waals surface area contributed by atoms with Crippen LogP contribution in [0, 0.1) is 5.92 Å². The lowest BCUT2D eigenvalue weighted by Crippen LogP contribution is -2.37. The van der Waals surface area contributed by atoms with Crippen LogP contribution in [0.15, 0.2) is 28.2 Å². The predicted molar refractivity (Wildman–Crippen MR) is 81.5 cm³/mol. The third-order valence-electron chi connectivity index (χ3n) is 4.18. The van der Waals surface area contributed by atoms with Crippen LogP contribution in [0.3, 0.4) is 0 Å². The second kappa shape index (κ2) is 6.08. The van der Waals surface area contributed by atoms with Gasteiger partial charge in [0.2, 0.25) is 0 Å². The summed E-state index contributed by atoms with van der Waals surface area (Å²) in [6, 6.07) is 4.45. The molecule has 0 amide bonds. The molecule has 4 nitrogen and oxygen atoms in total. The second-order valence-electron chi connectivity index (χ2n) is 5.53. The zero-order chi connectivity index (χ0) is 13.9. The Morgan fingerprint density at radius 3 is 3.15 bits per heavy atom. The van der Waals surface area contributed by atoms with Crippen molar-refractivity contribution in [2.75, 3.05) is 13.6 Å². The van der Waals surface area contributed by atoms with Crippen LogP contribution < -0.4 is 5.73 Å². The van der Waals surface area contributed by atoms with Crippen LogP contribution in [-0.4, -0.2) is 29.5 Å². The van der Waals surface area contributed by atoms with Gasteiger partial charge in [-0.2, -0.15) is 0 Å². The first-order valence-electron chi connectivity index (χ1n) is 7.16. The Kier molecular flexibility index (Phi) is 4.19. The van der Waals surface area contributed by atoms with Gasteiger partial charge in [-0.3, -0.25) is 4.90 Å². The minimum absolute atomic E-state index is 0.605. The highest BCUT2D eigenvalue weighted by Crippen LogP contribution is 2.30. The molecule has 0 aliphatic heterocycles. The molecule has 1 aliphatic rings. The van der Waals surface area contributed by atoms with Crippen LogP contribution in [0.4, 0.5) is 0 Å². The van der Waals surface area contributed by atoms with Crippen LogP contribution in [0.25, 0.3) is 10.8 Å². The third kappa shape index (κ3) is 2.80. The van der Waals surface area contributed by atoms with Gasteiger partial charge in [0.1, 0.15) is 0 Å². The van der Waals surface area contributed by atoms with E-state index in [1.54, 1.807) is 17.6 Å². The Bertz CT molecular complexity index is 537. The van der Waals surface area contributed by atoms with Crippen molar-refractivity contribution in [1.29, 1.82) is 0 Å². The molecule has 2 aromatic rings. The molecular formula is C15H21N3OS. The van der Waals surface area contributed by atoms with E-state index in [2.05, 4.69) is 22.3 Å². The lowest BCUT2D eigenvalue weighted by atomic mass is 10.0. The SMILES string of the molecule is CN(Cc1csc(-c2ccco2)n1)C1CCCC1CN. The topological polar surface area (TPSA) is 55.3 Å². The van der Waals surface area contributed by atoms with Gasteiger partial charge in [-0.05, 0) is 44.5 Å². The van der Waals surface area contributed by atoms with E-state index in [9.17, 15) is 0 Å². The lowest BCUT2D eigenvalue weighted by Gasteiger charge is -2.28. The molecule has 0 spiro atoms. The van der Waals surface area contributed by atoms with E-state index >= 15 is 0 Å². The molecule has 108 valence electrons. The molecule has 3 rings (SSSR count). The number of hydrogen-bond acceptors (Lipinski definition) is 5. The first-order valence-corrected chi connectivity index (χ1v) is 8.04. The molecule has 20 heavy (non-hydrogen) atoms. The average molecular weight is 291 g/mol. The monoisotopic (exact) mass is 291 g/mol. The normalized spacial score (nSPS) is 22.8. The van der Waals surface area contributed by atoms with Gasteiger partial charge < -0.3 is 10.2 Å². The number of aromatic nitrogens is 1. The van der Waals surface area contributed by atoms with Crippen molar-refractivity contribution in [3.8, 4) is 10.8 Å². The maximum atomic E-state index is 5.87. The molecule has 0 bridgehead atoms. The van der Waals surface area contributed by atoms with E-state index in [4.69, 9.17) is 10.2 Å². The summed E-state index contributed by atoms with van der Waals surface area (Å²) in [4.78, 5) is 7.08. The van der Waals surface area contributed by atoms with Crippen LogP contribution in [0.2, 0.25) is 0 Å². The fourth-order valence-corrected chi connectivity index (χ4v) is 3.92. The molecule has 2 N–H and O–H groups in total. The van der Waals surface area contributed by atoms with Gasteiger partial charge in [0.15, 0.2) is 10.8 Å². The highest BCUT2D eigenvalue weighted by molar-refractivity contribution is 7.13. The highest BCUT2D eigenvalue weighted by Gasteiger charge is 2.29. The Hall–Kier alpha value is -1.17.